The van der Waals surface area contributed by atoms with Crippen molar-refractivity contribution < 1.29 is 73.9 Å². The van der Waals surface area contributed by atoms with Crippen molar-refractivity contribution in [2.45, 2.75) is 126 Å². The Balaban J connectivity index is 1.93. The molecule has 15 atom stereocenters. The highest BCUT2D eigenvalue weighted by Gasteiger charge is 2.53. The number of amides is 4. The van der Waals surface area contributed by atoms with Crippen molar-refractivity contribution >= 4 is 23.6 Å². The van der Waals surface area contributed by atoms with Gasteiger partial charge in [0.2, 0.25) is 23.6 Å². The summed E-state index contributed by atoms with van der Waals surface area (Å²) >= 11 is 0. The maximum atomic E-state index is 12.1. The number of hydrogen-bond acceptors (Lipinski definition) is 15. The fourth-order valence-corrected chi connectivity index (χ4v) is 5.72. The Morgan fingerprint density at radius 2 is 1.11 bits per heavy atom. The van der Waals surface area contributed by atoms with Gasteiger partial charge in [-0.3, -0.25) is 19.2 Å². The number of ether oxygens (including phenoxy) is 4. The topological polar surface area (TPSA) is 295 Å². The number of rotatable bonds is 10. The molecule has 1 aliphatic carbocycles. The van der Waals surface area contributed by atoms with Crippen LogP contribution in [0.2, 0.25) is 0 Å². The van der Waals surface area contributed by atoms with E-state index in [2.05, 4.69) is 21.3 Å². The molecule has 0 aromatic rings. The number of carbonyl (C=O) groups is 4. The average molecular weight is 653 g/mol. The van der Waals surface area contributed by atoms with Crippen molar-refractivity contribution in [3.63, 3.8) is 0 Å². The van der Waals surface area contributed by atoms with Gasteiger partial charge in [-0.25, -0.2) is 0 Å². The second kappa shape index (κ2) is 15.8. The molecule has 0 unspecified atom stereocenters. The summed E-state index contributed by atoms with van der Waals surface area (Å²) in [5, 5.41) is 84.3. The van der Waals surface area contributed by atoms with Crippen LogP contribution in [0.3, 0.4) is 0 Å². The van der Waals surface area contributed by atoms with Crippen molar-refractivity contribution in [1.82, 2.24) is 21.3 Å². The number of carbonyl (C=O) groups excluding carboxylic acids is 4. The minimum atomic E-state index is -1.86. The molecular weight excluding hydrogens is 608 g/mol. The molecule has 258 valence electrons. The molecule has 2 aliphatic heterocycles. The van der Waals surface area contributed by atoms with E-state index < -0.39 is 122 Å². The third-order valence-corrected chi connectivity index (χ3v) is 7.81. The Labute approximate surface area is 258 Å². The van der Waals surface area contributed by atoms with Crippen LogP contribution in [0, 0.1) is 0 Å². The largest absolute Gasteiger partial charge is 0.394 e. The van der Waals surface area contributed by atoms with E-state index in [9.17, 15) is 54.9 Å². The van der Waals surface area contributed by atoms with Crippen LogP contribution in [-0.2, 0) is 38.1 Å². The fraction of sp³-hybridized carbons (Fsp3) is 0.846. The van der Waals surface area contributed by atoms with Gasteiger partial charge in [-0.15, -0.1) is 0 Å². The average Bonchev–Trinajstić information content (AvgIpc) is 2.94. The van der Waals surface area contributed by atoms with E-state index >= 15 is 0 Å². The summed E-state index contributed by atoms with van der Waals surface area (Å²) in [6.07, 6.45) is -19.5. The first kappa shape index (κ1) is 36.9. The Kier molecular flexibility index (Phi) is 13.0. The van der Waals surface area contributed by atoms with Crippen LogP contribution >= 0.6 is 0 Å². The second-order valence-electron chi connectivity index (χ2n) is 11.4. The first-order valence-corrected chi connectivity index (χ1v) is 14.4. The van der Waals surface area contributed by atoms with E-state index in [1.165, 1.54) is 20.8 Å². The van der Waals surface area contributed by atoms with E-state index in [0.717, 1.165) is 6.92 Å². The lowest BCUT2D eigenvalue weighted by molar-refractivity contribution is -0.334. The Morgan fingerprint density at radius 3 is 1.58 bits per heavy atom. The highest BCUT2D eigenvalue weighted by atomic mass is 16.7. The van der Waals surface area contributed by atoms with Crippen LogP contribution in [0.15, 0.2) is 0 Å². The number of hydrogen-bond donors (Lipinski definition) is 11. The smallest absolute Gasteiger partial charge is 0.217 e. The molecule has 3 fully saturated rings. The predicted octanol–water partition coefficient (Wildman–Crippen LogP) is -6.58. The van der Waals surface area contributed by atoms with Crippen LogP contribution in [-0.4, -0.2) is 164 Å². The van der Waals surface area contributed by atoms with Crippen molar-refractivity contribution in [1.29, 1.82) is 0 Å². The summed E-state index contributed by atoms with van der Waals surface area (Å²) in [6.45, 7) is 3.70. The number of nitrogens with one attached hydrogen (secondary N) is 4. The molecule has 2 heterocycles. The maximum absolute atomic E-state index is 12.1. The van der Waals surface area contributed by atoms with Gasteiger partial charge in [0.05, 0.1) is 24.7 Å². The van der Waals surface area contributed by atoms with Gasteiger partial charge in [0.25, 0.3) is 0 Å². The van der Waals surface area contributed by atoms with Gasteiger partial charge in [-0.2, -0.15) is 0 Å². The quantitative estimate of drug-likeness (QED) is 0.105. The molecule has 0 aromatic carbocycles. The lowest BCUT2D eigenvalue weighted by atomic mass is 9.83. The van der Waals surface area contributed by atoms with E-state index in [4.69, 9.17) is 18.9 Å². The van der Waals surface area contributed by atoms with Gasteiger partial charge < -0.3 is 76.0 Å². The molecule has 1 saturated carbocycles. The van der Waals surface area contributed by atoms with Gasteiger partial charge in [0, 0.05) is 34.2 Å². The van der Waals surface area contributed by atoms with Gasteiger partial charge >= 0.3 is 0 Å². The van der Waals surface area contributed by atoms with Crippen molar-refractivity contribution in [3.8, 4) is 0 Å². The summed E-state index contributed by atoms with van der Waals surface area (Å²) in [6, 6.07) is -3.50. The molecular formula is C26H44N4O15. The summed E-state index contributed by atoms with van der Waals surface area (Å²) < 4.78 is 23.0. The van der Waals surface area contributed by atoms with Crippen molar-refractivity contribution in [3.05, 3.63) is 0 Å². The Hall–Kier alpha value is -2.56. The van der Waals surface area contributed by atoms with Crippen LogP contribution in [0.25, 0.3) is 0 Å². The summed E-state index contributed by atoms with van der Waals surface area (Å²) in [7, 11) is 0. The molecule has 2 saturated heterocycles. The molecule has 3 aliphatic rings. The van der Waals surface area contributed by atoms with Gasteiger partial charge in [0.1, 0.15) is 61.0 Å². The minimum absolute atomic E-state index is 0.154. The molecule has 19 nitrogen and oxygen atoms in total. The zero-order valence-electron chi connectivity index (χ0n) is 25.2. The summed E-state index contributed by atoms with van der Waals surface area (Å²) in [5.41, 5.74) is 0. The van der Waals surface area contributed by atoms with Crippen LogP contribution < -0.4 is 21.3 Å². The first-order chi connectivity index (χ1) is 21.0. The SMILES string of the molecule is CC(=O)NC[C@H]1O[C@H](O[C@@H]2[C@@H](O)[C@H](O[C@H]3O[C@H](CO)[C@@H](O)[C@H](NC(C)=O)[C@H]3O)[C@@H](NC(C)=O)C[C@H]2NC(C)=O)[C@H](O)[C@@H](O)[C@@H]1O. The number of aliphatic hydroxyl groups is 7. The summed E-state index contributed by atoms with van der Waals surface area (Å²) in [4.78, 5) is 47.4. The minimum Gasteiger partial charge on any atom is -0.394 e. The monoisotopic (exact) mass is 652 g/mol. The normalized spacial score (nSPS) is 41.9. The zero-order valence-corrected chi connectivity index (χ0v) is 25.2. The lowest BCUT2D eigenvalue weighted by Gasteiger charge is -2.49. The molecule has 3 rings (SSSR count). The van der Waals surface area contributed by atoms with E-state index in [1.807, 2.05) is 0 Å². The zero-order chi connectivity index (χ0) is 33.7. The van der Waals surface area contributed by atoms with Crippen LogP contribution in [0.4, 0.5) is 0 Å². The summed E-state index contributed by atoms with van der Waals surface area (Å²) in [5.74, 6) is -2.21. The highest BCUT2D eigenvalue weighted by Crippen LogP contribution is 2.33. The third-order valence-electron chi connectivity index (χ3n) is 7.81. The predicted molar refractivity (Wildman–Crippen MR) is 146 cm³/mol. The Bertz CT molecular complexity index is 1050. The number of aliphatic hydroxyl groups excluding tert-OH is 7. The van der Waals surface area contributed by atoms with Gasteiger partial charge in [0.15, 0.2) is 12.6 Å². The molecule has 4 amide bonds. The van der Waals surface area contributed by atoms with E-state index in [0.29, 0.717) is 0 Å². The Morgan fingerprint density at radius 1 is 0.622 bits per heavy atom. The molecule has 11 N–H and O–H groups in total. The molecule has 0 spiro atoms. The van der Waals surface area contributed by atoms with Crippen molar-refractivity contribution in [2.75, 3.05) is 13.2 Å². The van der Waals surface area contributed by atoms with Crippen LogP contribution in [0.1, 0.15) is 34.1 Å². The maximum Gasteiger partial charge on any atom is 0.217 e. The molecule has 19 heteroatoms. The standard InChI is InChI=1S/C26H44N4O15/c1-8(32)27-6-14-18(37)20(39)21(40)26(42-14)45-24-13(29-10(3)34)5-12(28-9(2)33)23(22(24)41)44-25-19(38)16(30-11(4)35)17(36)15(7-31)43-25/h12-26,31,36-41H,5-7H2,1-4H3,(H,27,32)(H,28,33)(H,29,34)(H,30,35)/t12-,13+,14+,15+,16-,17+,18+,19+,20-,21+,22-,23+,24-,25+,26+/m0/s1. The molecule has 0 aromatic heterocycles. The fourth-order valence-electron chi connectivity index (χ4n) is 5.72. The van der Waals surface area contributed by atoms with Gasteiger partial charge in [-0.05, 0) is 6.42 Å². The van der Waals surface area contributed by atoms with E-state index in [1.54, 1.807) is 0 Å². The molecule has 45 heavy (non-hydrogen) atoms. The van der Waals surface area contributed by atoms with Crippen LogP contribution in [0.5, 0.6) is 0 Å². The molecule has 0 radical (unpaired) electrons. The highest BCUT2D eigenvalue weighted by molar-refractivity contribution is 5.74. The molecule has 0 bridgehead atoms. The lowest BCUT2D eigenvalue weighted by Crippen LogP contribution is -2.70. The van der Waals surface area contributed by atoms with E-state index in [-0.39, 0.29) is 13.0 Å². The first-order valence-electron chi connectivity index (χ1n) is 14.4. The second-order valence-corrected chi connectivity index (χ2v) is 11.4. The van der Waals surface area contributed by atoms with Gasteiger partial charge in [-0.1, -0.05) is 0 Å². The third kappa shape index (κ3) is 9.04. The van der Waals surface area contributed by atoms with Crippen molar-refractivity contribution in [2.24, 2.45) is 0 Å².